The normalized spacial score (nSPS) is 11.5. The van der Waals surface area contributed by atoms with Crippen LogP contribution >= 0.6 is 35.6 Å². The molecule has 0 aromatic heterocycles. The summed E-state index contributed by atoms with van der Waals surface area (Å²) in [5.41, 5.74) is 0.951. The molecule has 0 aliphatic rings. The maximum atomic E-state index is 13.7. The van der Waals surface area contributed by atoms with Gasteiger partial charge in [-0.05, 0) is 36.2 Å². The van der Waals surface area contributed by atoms with Gasteiger partial charge in [-0.25, -0.2) is 12.8 Å². The van der Waals surface area contributed by atoms with Crippen LogP contribution in [0.25, 0.3) is 0 Å². The van der Waals surface area contributed by atoms with E-state index >= 15 is 0 Å². The van der Waals surface area contributed by atoms with Crippen molar-refractivity contribution in [1.82, 2.24) is 10.6 Å². The minimum Gasteiger partial charge on any atom is -0.497 e. The number of benzene rings is 2. The van der Waals surface area contributed by atoms with Crippen LogP contribution in [-0.2, 0) is 16.3 Å². The average molecular weight is 556 g/mol. The summed E-state index contributed by atoms with van der Waals surface area (Å²) in [6, 6.07) is 10.8. The zero-order valence-electron chi connectivity index (χ0n) is 16.1. The number of ether oxygens (including phenoxy) is 1. The highest BCUT2D eigenvalue weighted by Gasteiger charge is 2.18. The number of hydrogen-bond donors (Lipinski definition) is 2. The molecule has 0 heterocycles. The lowest BCUT2D eigenvalue weighted by molar-refractivity contribution is 0.414. The van der Waals surface area contributed by atoms with Gasteiger partial charge in [-0.2, -0.15) is 0 Å². The van der Waals surface area contributed by atoms with Gasteiger partial charge in [0.1, 0.15) is 16.5 Å². The summed E-state index contributed by atoms with van der Waals surface area (Å²) in [5, 5.41) is 6.62. The van der Waals surface area contributed by atoms with Crippen molar-refractivity contribution < 1.29 is 17.5 Å². The molecule has 2 aromatic rings. The second kappa shape index (κ2) is 12.2. The first-order chi connectivity index (χ1) is 13.4. The zero-order chi connectivity index (χ0) is 20.6. The summed E-state index contributed by atoms with van der Waals surface area (Å²) >= 11 is 6.21. The van der Waals surface area contributed by atoms with Crippen LogP contribution < -0.4 is 15.4 Å². The predicted molar refractivity (Wildman–Crippen MR) is 125 cm³/mol. The Labute approximate surface area is 192 Å². The molecule has 0 fully saturated rings. The number of nitrogens with zero attached hydrogens (tertiary/aromatic N) is 1. The Morgan fingerprint density at radius 2 is 1.86 bits per heavy atom. The number of sulfone groups is 1. The number of hydrogen-bond acceptors (Lipinski definition) is 4. The van der Waals surface area contributed by atoms with E-state index in [2.05, 4.69) is 15.6 Å². The molecular weight excluding hydrogens is 532 g/mol. The molecule has 2 aromatic carbocycles. The first-order valence-corrected chi connectivity index (χ1v) is 10.6. The van der Waals surface area contributed by atoms with Crippen molar-refractivity contribution in [3.8, 4) is 5.75 Å². The summed E-state index contributed by atoms with van der Waals surface area (Å²) in [6.07, 6.45) is 0.650. The van der Waals surface area contributed by atoms with Gasteiger partial charge in [0.25, 0.3) is 0 Å². The molecule has 0 radical (unpaired) electrons. The lowest BCUT2D eigenvalue weighted by Crippen LogP contribution is -2.40. The van der Waals surface area contributed by atoms with Crippen molar-refractivity contribution in [3.05, 3.63) is 58.9 Å². The molecule has 0 amide bonds. The Morgan fingerprint density at radius 1 is 1.17 bits per heavy atom. The van der Waals surface area contributed by atoms with Gasteiger partial charge in [-0.3, -0.25) is 4.99 Å². The summed E-state index contributed by atoms with van der Waals surface area (Å²) in [4.78, 5) is 3.75. The van der Waals surface area contributed by atoms with Crippen LogP contribution in [0.3, 0.4) is 0 Å². The van der Waals surface area contributed by atoms with Gasteiger partial charge < -0.3 is 15.4 Å². The Balaban J connectivity index is 0.00000420. The number of guanidine groups is 1. The van der Waals surface area contributed by atoms with Crippen LogP contribution in [0, 0.1) is 5.82 Å². The maximum Gasteiger partial charge on any atom is 0.191 e. The van der Waals surface area contributed by atoms with Gasteiger partial charge in [0.15, 0.2) is 15.8 Å². The number of halogens is 3. The van der Waals surface area contributed by atoms with E-state index in [4.69, 9.17) is 16.3 Å². The Kier molecular flexibility index (Phi) is 10.7. The Bertz CT molecular complexity index is 942. The van der Waals surface area contributed by atoms with Crippen LogP contribution in [0.5, 0.6) is 5.75 Å². The van der Waals surface area contributed by atoms with Crippen LogP contribution in [-0.4, -0.2) is 47.4 Å². The maximum absolute atomic E-state index is 13.7. The van der Waals surface area contributed by atoms with E-state index in [1.54, 1.807) is 20.2 Å². The molecule has 0 spiro atoms. The van der Waals surface area contributed by atoms with E-state index in [0.717, 1.165) is 11.6 Å². The number of nitrogens with one attached hydrogen (secondary N) is 2. The van der Waals surface area contributed by atoms with Crippen LogP contribution in [0.1, 0.15) is 5.56 Å². The van der Waals surface area contributed by atoms with Crippen molar-refractivity contribution in [1.29, 1.82) is 0 Å². The fraction of sp³-hybridized carbons (Fsp3) is 0.316. The minimum absolute atomic E-state index is 0. The molecule has 0 saturated heterocycles. The minimum atomic E-state index is -3.72. The third kappa shape index (κ3) is 7.63. The molecular formula is C19H24ClFIN3O3S. The van der Waals surface area contributed by atoms with Crippen LogP contribution in [0.2, 0.25) is 5.02 Å². The fourth-order valence-electron chi connectivity index (χ4n) is 2.50. The molecule has 6 nitrogen and oxygen atoms in total. The molecule has 29 heavy (non-hydrogen) atoms. The van der Waals surface area contributed by atoms with Crippen LogP contribution in [0.4, 0.5) is 4.39 Å². The highest BCUT2D eigenvalue weighted by atomic mass is 127. The molecule has 0 saturated carbocycles. The molecule has 2 N–H and O–H groups in total. The summed E-state index contributed by atoms with van der Waals surface area (Å²) in [6.45, 7) is 0.644. The van der Waals surface area contributed by atoms with Crippen molar-refractivity contribution in [2.45, 2.75) is 11.3 Å². The van der Waals surface area contributed by atoms with E-state index in [-0.39, 0.29) is 41.2 Å². The molecule has 0 aliphatic heterocycles. The first kappa shape index (κ1) is 25.4. The van der Waals surface area contributed by atoms with Gasteiger partial charge >= 0.3 is 0 Å². The average Bonchev–Trinajstić information content (AvgIpc) is 2.68. The highest BCUT2D eigenvalue weighted by Crippen LogP contribution is 2.22. The second-order valence-electron chi connectivity index (χ2n) is 5.88. The summed E-state index contributed by atoms with van der Waals surface area (Å²) < 4.78 is 43.3. The Morgan fingerprint density at radius 3 is 2.48 bits per heavy atom. The van der Waals surface area contributed by atoms with Crippen LogP contribution in [0.15, 0.2) is 52.4 Å². The van der Waals surface area contributed by atoms with Crippen molar-refractivity contribution in [2.24, 2.45) is 4.99 Å². The SMILES string of the molecule is CN=C(NCCc1ccc(OC)cc1Cl)NCCS(=O)(=O)c1ccccc1F.I. The summed E-state index contributed by atoms with van der Waals surface area (Å²) in [5.74, 6) is 0.142. The highest BCUT2D eigenvalue weighted by molar-refractivity contribution is 14.0. The van der Waals surface area contributed by atoms with E-state index < -0.39 is 15.7 Å². The van der Waals surface area contributed by atoms with Crippen molar-refractivity contribution in [3.63, 3.8) is 0 Å². The molecule has 0 atom stereocenters. The largest absolute Gasteiger partial charge is 0.497 e. The van der Waals surface area contributed by atoms with E-state index in [9.17, 15) is 12.8 Å². The molecule has 0 aliphatic carbocycles. The quantitative estimate of drug-likeness (QED) is 0.297. The predicted octanol–water partition coefficient (Wildman–Crippen LogP) is 3.29. The number of aliphatic imine (C=N–C) groups is 1. The van der Waals surface area contributed by atoms with E-state index in [1.807, 2.05) is 12.1 Å². The number of methoxy groups -OCH3 is 1. The van der Waals surface area contributed by atoms with Gasteiger partial charge in [0, 0.05) is 25.2 Å². The zero-order valence-corrected chi connectivity index (χ0v) is 20.0. The Hall–Kier alpha value is -1.59. The van der Waals surface area contributed by atoms with Gasteiger partial charge in [0.05, 0.1) is 12.9 Å². The molecule has 160 valence electrons. The molecule has 2 rings (SSSR count). The first-order valence-electron chi connectivity index (χ1n) is 8.61. The van der Waals surface area contributed by atoms with Gasteiger partial charge in [-0.1, -0.05) is 29.8 Å². The third-order valence-corrected chi connectivity index (χ3v) is 6.10. The second-order valence-corrected chi connectivity index (χ2v) is 8.37. The molecule has 10 heteroatoms. The van der Waals surface area contributed by atoms with Crippen molar-refractivity contribution in [2.75, 3.05) is 33.0 Å². The third-order valence-electron chi connectivity index (χ3n) is 4.01. The van der Waals surface area contributed by atoms with Crippen molar-refractivity contribution >= 4 is 51.4 Å². The summed E-state index contributed by atoms with van der Waals surface area (Å²) in [7, 11) is -0.557. The lowest BCUT2D eigenvalue weighted by Gasteiger charge is -2.13. The molecule has 0 bridgehead atoms. The van der Waals surface area contributed by atoms with Gasteiger partial charge in [-0.15, -0.1) is 24.0 Å². The van der Waals surface area contributed by atoms with E-state index in [1.165, 1.54) is 18.2 Å². The number of rotatable bonds is 8. The standard InChI is InChI=1S/C19H23ClFN3O3S.HI/c1-22-19(23-10-9-14-7-8-15(27-2)13-16(14)20)24-11-12-28(25,26)18-6-4-3-5-17(18)21;/h3-8,13H,9-12H2,1-2H3,(H2,22,23,24);1H. The monoisotopic (exact) mass is 555 g/mol. The molecule has 0 unspecified atom stereocenters. The topological polar surface area (TPSA) is 79.8 Å². The van der Waals surface area contributed by atoms with Gasteiger partial charge in [0.2, 0.25) is 0 Å². The smallest absolute Gasteiger partial charge is 0.191 e. The fourth-order valence-corrected chi connectivity index (χ4v) is 4.01. The lowest BCUT2D eigenvalue weighted by atomic mass is 10.1. The van der Waals surface area contributed by atoms with E-state index in [0.29, 0.717) is 29.7 Å².